The lowest BCUT2D eigenvalue weighted by Gasteiger charge is -2.06. The molecule has 5 heteroatoms. The monoisotopic (exact) mass is 178 g/mol. The molecule has 1 rings (SSSR count). The van der Waals surface area contributed by atoms with Gasteiger partial charge in [0.05, 0.1) is 11.9 Å². The van der Waals surface area contributed by atoms with Gasteiger partial charge in [0.2, 0.25) is 0 Å². The predicted molar refractivity (Wildman–Crippen MR) is 44.1 cm³/mol. The summed E-state index contributed by atoms with van der Waals surface area (Å²) in [5.74, 6) is 0.117. The van der Waals surface area contributed by atoms with Crippen LogP contribution in [0.2, 0.25) is 0 Å². The minimum Gasteiger partial charge on any atom is -0.427 e. The molecule has 0 fully saturated rings. The fourth-order valence-corrected chi connectivity index (χ4v) is 0.865. The van der Waals surface area contributed by atoms with Gasteiger partial charge < -0.3 is 5.21 Å². The lowest BCUT2D eigenvalue weighted by molar-refractivity contribution is 0.167. The molecule has 0 unspecified atom stereocenters. The third-order valence-corrected chi connectivity index (χ3v) is 1.65. The Morgan fingerprint density at radius 2 is 2.31 bits per heavy atom. The average molecular weight is 178 g/mol. The lowest BCUT2D eigenvalue weighted by Crippen LogP contribution is -2.23. The maximum Gasteiger partial charge on any atom is 0.197 e. The van der Waals surface area contributed by atoms with Gasteiger partial charge in [-0.15, -0.1) is 0 Å². The fraction of sp³-hybridized carbons (Fsp3) is 0.375. The van der Waals surface area contributed by atoms with E-state index in [1.165, 1.54) is 6.20 Å². The molecule has 0 bridgehead atoms. The summed E-state index contributed by atoms with van der Waals surface area (Å²) in [4.78, 5) is 3.92. The highest BCUT2D eigenvalue weighted by molar-refractivity contribution is 5.18. The molecule has 1 aromatic heterocycles. The first-order valence-corrected chi connectivity index (χ1v) is 3.83. The summed E-state index contributed by atoms with van der Waals surface area (Å²) in [7, 11) is 0. The topological polar surface area (TPSA) is 85.7 Å². The van der Waals surface area contributed by atoms with Crippen LogP contribution in [-0.4, -0.2) is 14.9 Å². The summed E-state index contributed by atoms with van der Waals surface area (Å²) >= 11 is 0. The minimum atomic E-state index is -0.285. The third kappa shape index (κ3) is 1.67. The van der Waals surface area contributed by atoms with Gasteiger partial charge in [-0.25, -0.2) is 4.98 Å². The standard InChI is InChI=1S/C8H10N4O/c1-5(2)7-4-12(13)8(10)6(3-9)11-7/h4-5,10,13H,1-2H3. The van der Waals surface area contributed by atoms with Gasteiger partial charge in [-0.1, -0.05) is 13.8 Å². The maximum absolute atomic E-state index is 9.20. The van der Waals surface area contributed by atoms with Gasteiger partial charge in [0, 0.05) is 0 Å². The number of rotatable bonds is 1. The molecule has 0 aliphatic heterocycles. The van der Waals surface area contributed by atoms with Gasteiger partial charge >= 0.3 is 0 Å². The molecule has 0 saturated carbocycles. The van der Waals surface area contributed by atoms with Crippen LogP contribution in [0.25, 0.3) is 0 Å². The number of aromatic nitrogens is 2. The van der Waals surface area contributed by atoms with Crippen molar-refractivity contribution in [1.82, 2.24) is 9.71 Å². The Hall–Kier alpha value is -1.83. The summed E-state index contributed by atoms with van der Waals surface area (Å²) in [5, 5.41) is 25.1. The number of hydrogen-bond donors (Lipinski definition) is 2. The van der Waals surface area contributed by atoms with Crippen LogP contribution in [0, 0.1) is 16.7 Å². The van der Waals surface area contributed by atoms with Crippen molar-refractivity contribution >= 4 is 0 Å². The molecule has 1 aromatic rings. The van der Waals surface area contributed by atoms with Crippen LogP contribution in [-0.2, 0) is 0 Å². The Balaban J connectivity index is 3.42. The molecule has 13 heavy (non-hydrogen) atoms. The van der Waals surface area contributed by atoms with Crippen LogP contribution in [0.3, 0.4) is 0 Å². The lowest BCUT2D eigenvalue weighted by atomic mass is 10.1. The maximum atomic E-state index is 9.20. The predicted octanol–water partition coefficient (Wildman–Crippen LogP) is 0.595. The molecule has 68 valence electrons. The van der Waals surface area contributed by atoms with Crippen LogP contribution >= 0.6 is 0 Å². The van der Waals surface area contributed by atoms with Crippen molar-refractivity contribution in [2.24, 2.45) is 0 Å². The van der Waals surface area contributed by atoms with E-state index < -0.39 is 0 Å². The molecule has 2 N–H and O–H groups in total. The van der Waals surface area contributed by atoms with Gasteiger partial charge in [0.15, 0.2) is 11.2 Å². The van der Waals surface area contributed by atoms with E-state index in [0.717, 1.165) is 0 Å². The first-order valence-electron chi connectivity index (χ1n) is 3.83. The second-order valence-corrected chi connectivity index (χ2v) is 2.97. The van der Waals surface area contributed by atoms with Crippen LogP contribution in [0.15, 0.2) is 6.20 Å². The Morgan fingerprint density at radius 3 is 2.77 bits per heavy atom. The van der Waals surface area contributed by atoms with Gasteiger partial charge in [-0.2, -0.15) is 9.99 Å². The molecular formula is C8H10N4O. The molecule has 5 nitrogen and oxygen atoms in total. The Kier molecular flexibility index (Phi) is 2.33. The van der Waals surface area contributed by atoms with Gasteiger partial charge in [-0.3, -0.25) is 5.41 Å². The van der Waals surface area contributed by atoms with Crippen molar-refractivity contribution in [3.63, 3.8) is 0 Å². The van der Waals surface area contributed by atoms with E-state index in [2.05, 4.69) is 4.98 Å². The molecule has 0 saturated heterocycles. The number of nitrogens with zero attached hydrogens (tertiary/aromatic N) is 3. The normalized spacial score (nSPS) is 10.0. The number of nitriles is 1. The zero-order valence-corrected chi connectivity index (χ0v) is 7.44. The first kappa shape index (κ1) is 9.26. The molecule has 0 aliphatic rings. The van der Waals surface area contributed by atoms with Crippen molar-refractivity contribution in [2.45, 2.75) is 19.8 Å². The molecule has 0 aliphatic carbocycles. The summed E-state index contributed by atoms with van der Waals surface area (Å²) in [5.41, 5.74) is 0.246. The minimum absolute atomic E-state index is 0.0614. The van der Waals surface area contributed by atoms with Crippen molar-refractivity contribution in [3.05, 3.63) is 23.1 Å². The van der Waals surface area contributed by atoms with E-state index in [0.29, 0.717) is 10.4 Å². The molecule has 0 amide bonds. The molecule has 1 heterocycles. The van der Waals surface area contributed by atoms with Crippen LogP contribution < -0.4 is 5.49 Å². The fourth-order valence-electron chi connectivity index (χ4n) is 0.865. The highest BCUT2D eigenvalue weighted by Gasteiger charge is 2.07. The zero-order chi connectivity index (χ0) is 10.0. The summed E-state index contributed by atoms with van der Waals surface area (Å²) in [6.45, 7) is 3.79. The Morgan fingerprint density at radius 1 is 1.69 bits per heavy atom. The van der Waals surface area contributed by atoms with Crippen molar-refractivity contribution in [3.8, 4) is 6.07 Å². The van der Waals surface area contributed by atoms with E-state index in [9.17, 15) is 5.21 Å². The first-order chi connectivity index (χ1) is 6.06. The van der Waals surface area contributed by atoms with E-state index >= 15 is 0 Å². The smallest absolute Gasteiger partial charge is 0.197 e. The molecule has 0 aromatic carbocycles. The average Bonchev–Trinajstić information content (AvgIpc) is 2.09. The summed E-state index contributed by atoms with van der Waals surface area (Å²) in [6.07, 6.45) is 1.34. The second-order valence-electron chi connectivity index (χ2n) is 2.97. The van der Waals surface area contributed by atoms with Crippen LogP contribution in [0.1, 0.15) is 31.2 Å². The van der Waals surface area contributed by atoms with Gasteiger partial charge in [-0.05, 0) is 5.92 Å². The van der Waals surface area contributed by atoms with Crippen molar-refractivity contribution < 1.29 is 5.21 Å². The zero-order valence-electron chi connectivity index (χ0n) is 7.44. The van der Waals surface area contributed by atoms with Crippen LogP contribution in [0.5, 0.6) is 0 Å². The third-order valence-electron chi connectivity index (χ3n) is 1.65. The number of nitrogens with one attached hydrogen (secondary N) is 1. The highest BCUT2D eigenvalue weighted by Crippen LogP contribution is 2.08. The largest absolute Gasteiger partial charge is 0.427 e. The quantitative estimate of drug-likeness (QED) is 0.617. The molecule has 0 spiro atoms. The summed E-state index contributed by atoms with van der Waals surface area (Å²) in [6, 6.07) is 1.75. The Bertz CT molecular complexity index is 413. The van der Waals surface area contributed by atoms with E-state index in [1.54, 1.807) is 6.07 Å². The second kappa shape index (κ2) is 3.27. The van der Waals surface area contributed by atoms with Gasteiger partial charge in [0.25, 0.3) is 0 Å². The van der Waals surface area contributed by atoms with Gasteiger partial charge in [0.1, 0.15) is 6.07 Å². The SMILES string of the molecule is CC(C)c1cn(O)c(=N)c(C#N)n1. The number of hydrogen-bond acceptors (Lipinski definition) is 4. The molecule has 0 atom stereocenters. The van der Waals surface area contributed by atoms with Crippen LogP contribution in [0.4, 0.5) is 0 Å². The molecular weight excluding hydrogens is 168 g/mol. The highest BCUT2D eigenvalue weighted by atomic mass is 16.5. The summed E-state index contributed by atoms with van der Waals surface area (Å²) < 4.78 is 0.612. The van der Waals surface area contributed by atoms with Crippen molar-refractivity contribution in [2.75, 3.05) is 0 Å². The Labute approximate surface area is 75.4 Å². The molecule has 0 radical (unpaired) electrons. The van der Waals surface area contributed by atoms with Crippen molar-refractivity contribution in [1.29, 1.82) is 10.7 Å². The van der Waals surface area contributed by atoms with E-state index in [1.807, 2.05) is 13.8 Å². The van der Waals surface area contributed by atoms with E-state index in [-0.39, 0.29) is 17.1 Å². The van der Waals surface area contributed by atoms with E-state index in [4.69, 9.17) is 10.7 Å².